The molecule has 0 saturated heterocycles. The van der Waals surface area contributed by atoms with Crippen LogP contribution in [-0.4, -0.2) is 106 Å². The van der Waals surface area contributed by atoms with Crippen molar-refractivity contribution >= 4 is 30.8 Å². The first kappa shape index (κ1) is 36.5. The van der Waals surface area contributed by atoms with Gasteiger partial charge in [0.1, 0.15) is 11.8 Å². The SMILES string of the molecule is Cc1cc(C)n2c1C=C1C=CC(CCC(=O)NCCOCCOCCOCCOCCNC(=O)OC3CCC=CCCC3)=[N+]1[B-]2(F)F. The van der Waals surface area contributed by atoms with Crippen molar-refractivity contribution in [3.8, 4) is 0 Å². The standard InChI is InChI=1S/C33H49BF2N4O7/c1-26-24-27(2)39-31(26)25-29-11-10-28(40(29)34(39,35)36)12-13-32(41)37-14-16-43-18-20-45-22-23-46-21-19-44-17-15-38-33(42)47-30-8-6-4-3-5-7-9-30/h3-4,10-11,24-25,30H,5-9,12-23H2,1-2H3,(H,37,41)(H,38,42). The number of carbonyl (C=O) groups is 2. The summed E-state index contributed by atoms with van der Waals surface area (Å²) in [6.45, 7) is 3.31. The molecule has 1 aromatic heterocycles. The zero-order valence-corrected chi connectivity index (χ0v) is 27.6. The van der Waals surface area contributed by atoms with Gasteiger partial charge in [-0.1, -0.05) is 12.2 Å². The summed E-state index contributed by atoms with van der Waals surface area (Å²) in [6.07, 6.45) is 14.1. The molecule has 11 nitrogen and oxygen atoms in total. The lowest BCUT2D eigenvalue weighted by atomic mass is 9.90. The largest absolute Gasteiger partial charge is 0.737 e. The molecule has 47 heavy (non-hydrogen) atoms. The topological polar surface area (TPSA) is 112 Å². The number of aryl methyl sites for hydroxylation is 2. The molecule has 0 radical (unpaired) electrons. The van der Waals surface area contributed by atoms with E-state index in [1.807, 2.05) is 6.92 Å². The number of nitrogens with zero attached hydrogens (tertiary/aromatic N) is 2. The van der Waals surface area contributed by atoms with Crippen LogP contribution in [0.4, 0.5) is 13.4 Å². The maximum atomic E-state index is 15.5. The molecule has 260 valence electrons. The minimum Gasteiger partial charge on any atom is -0.446 e. The van der Waals surface area contributed by atoms with Crippen molar-refractivity contribution in [2.75, 3.05) is 65.9 Å². The fourth-order valence-corrected chi connectivity index (χ4v) is 5.91. The van der Waals surface area contributed by atoms with Gasteiger partial charge < -0.3 is 51.9 Å². The van der Waals surface area contributed by atoms with Crippen molar-refractivity contribution in [2.24, 2.45) is 0 Å². The number of hydrogen-bond donors (Lipinski definition) is 2. The number of nitrogens with one attached hydrogen (secondary N) is 2. The highest BCUT2D eigenvalue weighted by atomic mass is 19.2. The summed E-state index contributed by atoms with van der Waals surface area (Å²) in [6, 6.07) is 1.77. The molecule has 1 aromatic rings. The predicted molar refractivity (Wildman–Crippen MR) is 176 cm³/mol. The second-order valence-electron chi connectivity index (χ2n) is 11.8. The van der Waals surface area contributed by atoms with Crippen molar-refractivity contribution in [1.29, 1.82) is 0 Å². The van der Waals surface area contributed by atoms with E-state index in [1.54, 1.807) is 31.2 Å². The second-order valence-corrected chi connectivity index (χ2v) is 11.8. The van der Waals surface area contributed by atoms with Crippen molar-refractivity contribution in [3.63, 3.8) is 0 Å². The van der Waals surface area contributed by atoms with Gasteiger partial charge in [-0.25, -0.2) is 4.79 Å². The molecule has 2 N–H and O–H groups in total. The third-order valence-electron chi connectivity index (χ3n) is 8.21. The van der Waals surface area contributed by atoms with Gasteiger partial charge in [-0.3, -0.25) is 4.79 Å². The molecule has 14 heteroatoms. The quantitative estimate of drug-likeness (QED) is 0.129. The zero-order chi connectivity index (χ0) is 33.5. The van der Waals surface area contributed by atoms with Gasteiger partial charge in [0.05, 0.1) is 52.9 Å². The molecule has 1 unspecified atom stereocenters. The number of amides is 2. The van der Waals surface area contributed by atoms with E-state index in [-0.39, 0.29) is 24.9 Å². The van der Waals surface area contributed by atoms with Crippen LogP contribution in [0.5, 0.6) is 0 Å². The maximum absolute atomic E-state index is 15.5. The van der Waals surface area contributed by atoms with Crippen LogP contribution in [0.2, 0.25) is 0 Å². The molecule has 2 amide bonds. The molecule has 1 aliphatic carbocycles. The Labute approximate surface area is 276 Å². The first-order valence-corrected chi connectivity index (χ1v) is 16.7. The van der Waals surface area contributed by atoms with Gasteiger partial charge >= 0.3 is 13.1 Å². The van der Waals surface area contributed by atoms with Crippen LogP contribution in [0.15, 0.2) is 36.1 Å². The highest BCUT2D eigenvalue weighted by Crippen LogP contribution is 2.34. The Balaban J connectivity index is 0.935. The number of rotatable bonds is 19. The number of hydrogen-bond acceptors (Lipinski definition) is 7. The number of carbonyl (C=O) groups excluding carboxylic acids is 2. The average Bonchev–Trinajstić information content (AvgIpc) is 3.57. The van der Waals surface area contributed by atoms with Crippen LogP contribution < -0.4 is 10.6 Å². The summed E-state index contributed by atoms with van der Waals surface area (Å²) in [7, 11) is 0. The molecule has 3 heterocycles. The summed E-state index contributed by atoms with van der Waals surface area (Å²) < 4.78 is 60.5. The van der Waals surface area contributed by atoms with Crippen molar-refractivity contribution in [1.82, 2.24) is 15.1 Å². The second kappa shape index (κ2) is 18.9. The van der Waals surface area contributed by atoms with Gasteiger partial charge in [-0.15, -0.1) is 0 Å². The lowest BCUT2D eigenvalue weighted by molar-refractivity contribution is -0.362. The van der Waals surface area contributed by atoms with Gasteiger partial charge in [-0.2, -0.15) is 0 Å². The molecular formula is C33H49BF2N4O7. The predicted octanol–water partition coefficient (Wildman–Crippen LogP) is 4.28. The Kier molecular flexibility index (Phi) is 14.7. The van der Waals surface area contributed by atoms with E-state index in [1.165, 1.54) is 0 Å². The smallest absolute Gasteiger partial charge is 0.446 e. The summed E-state index contributed by atoms with van der Waals surface area (Å²) in [5.41, 5.74) is 2.75. The molecule has 0 aromatic carbocycles. The van der Waals surface area contributed by atoms with Crippen molar-refractivity contribution < 1.29 is 46.4 Å². The molecule has 0 saturated carbocycles. The monoisotopic (exact) mass is 662 g/mol. The van der Waals surface area contributed by atoms with Crippen LogP contribution in [-0.2, 0) is 28.5 Å². The highest BCUT2D eigenvalue weighted by Gasteiger charge is 2.52. The van der Waals surface area contributed by atoms with E-state index in [9.17, 15) is 9.59 Å². The summed E-state index contributed by atoms with van der Waals surface area (Å²) >= 11 is 0. The van der Waals surface area contributed by atoms with Crippen LogP contribution in [0.3, 0.4) is 0 Å². The van der Waals surface area contributed by atoms with Gasteiger partial charge in [0, 0.05) is 49.9 Å². The third kappa shape index (κ3) is 11.1. The first-order valence-electron chi connectivity index (χ1n) is 16.7. The number of fused-ring (bicyclic) bond motifs is 2. The van der Waals surface area contributed by atoms with E-state index < -0.39 is 13.1 Å². The lowest BCUT2D eigenvalue weighted by Gasteiger charge is -2.30. The van der Waals surface area contributed by atoms with E-state index in [0.717, 1.165) is 46.6 Å². The van der Waals surface area contributed by atoms with Crippen LogP contribution in [0.1, 0.15) is 61.9 Å². The van der Waals surface area contributed by atoms with Crippen LogP contribution >= 0.6 is 0 Å². The van der Waals surface area contributed by atoms with E-state index >= 15 is 8.63 Å². The Morgan fingerprint density at radius 3 is 2.23 bits per heavy atom. The minimum absolute atomic E-state index is 0.0271. The molecule has 1 atom stereocenters. The highest BCUT2D eigenvalue weighted by molar-refractivity contribution is 6.58. The van der Waals surface area contributed by atoms with Gasteiger partial charge in [-0.05, 0) is 63.3 Å². The normalized spacial score (nSPS) is 18.3. The Morgan fingerprint density at radius 1 is 0.894 bits per heavy atom. The number of halogens is 2. The maximum Gasteiger partial charge on any atom is 0.737 e. The molecule has 4 rings (SSSR count). The van der Waals surface area contributed by atoms with E-state index in [4.69, 9.17) is 23.7 Å². The van der Waals surface area contributed by atoms with Gasteiger partial charge in [0.15, 0.2) is 5.70 Å². The lowest BCUT2D eigenvalue weighted by Crippen LogP contribution is -2.50. The fourth-order valence-electron chi connectivity index (χ4n) is 5.91. The average molecular weight is 663 g/mol. The van der Waals surface area contributed by atoms with Crippen LogP contribution in [0.25, 0.3) is 6.08 Å². The fraction of sp³-hybridized carbons (Fsp3) is 0.606. The molecule has 2 aliphatic heterocycles. The number of allylic oxidation sites excluding steroid dienone is 4. The van der Waals surface area contributed by atoms with E-state index in [2.05, 4.69) is 22.8 Å². The first-order chi connectivity index (χ1) is 22.8. The number of aromatic nitrogens is 1. The molecule has 3 aliphatic rings. The van der Waals surface area contributed by atoms with Crippen molar-refractivity contribution in [2.45, 2.75) is 64.9 Å². The van der Waals surface area contributed by atoms with Crippen LogP contribution in [0, 0.1) is 13.8 Å². The Bertz CT molecular complexity index is 1330. The van der Waals surface area contributed by atoms with Gasteiger partial charge in [0.2, 0.25) is 5.91 Å². The Hall–Kier alpha value is -3.33. The minimum atomic E-state index is -4.03. The third-order valence-corrected chi connectivity index (χ3v) is 8.21. The summed E-state index contributed by atoms with van der Waals surface area (Å²) in [4.78, 5) is 24.3. The zero-order valence-electron chi connectivity index (χ0n) is 27.6. The molecule has 0 spiro atoms. The van der Waals surface area contributed by atoms with E-state index in [0.29, 0.717) is 88.7 Å². The van der Waals surface area contributed by atoms with Gasteiger partial charge in [0.25, 0.3) is 0 Å². The van der Waals surface area contributed by atoms with Crippen molar-refractivity contribution in [3.05, 3.63) is 53.0 Å². The molecule has 0 bridgehead atoms. The summed E-state index contributed by atoms with van der Waals surface area (Å²) in [5.74, 6) is -0.220. The molecular weight excluding hydrogens is 613 g/mol. The Morgan fingerprint density at radius 2 is 1.53 bits per heavy atom. The molecule has 0 fully saturated rings. The number of alkyl carbamates (subject to hydrolysis) is 1. The number of ether oxygens (including phenoxy) is 5. The summed E-state index contributed by atoms with van der Waals surface area (Å²) in [5, 5.41) is 5.49.